The van der Waals surface area contributed by atoms with Gasteiger partial charge in [-0.3, -0.25) is 4.90 Å². The Hall–Kier alpha value is -2.52. The highest BCUT2D eigenvalue weighted by Crippen LogP contribution is 2.28. The summed E-state index contributed by atoms with van der Waals surface area (Å²) in [7, 11) is 0. The maximum absolute atomic E-state index is 5.24. The molecule has 0 unspecified atom stereocenters. The predicted molar refractivity (Wildman–Crippen MR) is 103 cm³/mol. The number of hydrogen-bond acceptors (Lipinski definition) is 3. The van der Waals surface area contributed by atoms with E-state index < -0.39 is 0 Å². The van der Waals surface area contributed by atoms with Crippen LogP contribution < -0.4 is 4.90 Å². The second kappa shape index (κ2) is 7.16. The number of furan rings is 1. The van der Waals surface area contributed by atoms with Crippen molar-refractivity contribution >= 4 is 5.69 Å². The van der Waals surface area contributed by atoms with Crippen LogP contribution in [0.4, 0.5) is 5.69 Å². The molecule has 1 aliphatic rings. The first-order valence-electron chi connectivity index (χ1n) is 8.93. The van der Waals surface area contributed by atoms with Crippen molar-refractivity contribution in [1.82, 2.24) is 4.90 Å². The molecule has 1 aliphatic heterocycles. The monoisotopic (exact) mass is 332 g/mol. The van der Waals surface area contributed by atoms with Crippen LogP contribution in [0.2, 0.25) is 0 Å². The highest BCUT2D eigenvalue weighted by molar-refractivity contribution is 5.69. The Morgan fingerprint density at radius 3 is 2.40 bits per heavy atom. The Kier molecular flexibility index (Phi) is 4.57. The van der Waals surface area contributed by atoms with Crippen LogP contribution in [-0.4, -0.2) is 31.1 Å². The van der Waals surface area contributed by atoms with Gasteiger partial charge in [0, 0.05) is 44.0 Å². The number of rotatable bonds is 4. The van der Waals surface area contributed by atoms with Crippen LogP contribution in [0.1, 0.15) is 11.1 Å². The van der Waals surface area contributed by atoms with Gasteiger partial charge in [0.25, 0.3) is 0 Å². The van der Waals surface area contributed by atoms with Crippen LogP contribution in [0.3, 0.4) is 0 Å². The lowest BCUT2D eigenvalue weighted by molar-refractivity contribution is 0.250. The molecule has 2 heterocycles. The summed E-state index contributed by atoms with van der Waals surface area (Å²) in [4.78, 5) is 5.04. The van der Waals surface area contributed by atoms with Crippen molar-refractivity contribution in [3.05, 3.63) is 78.3 Å². The maximum Gasteiger partial charge on any atom is 0.0980 e. The first-order chi connectivity index (χ1) is 12.3. The zero-order valence-corrected chi connectivity index (χ0v) is 14.7. The highest BCUT2D eigenvalue weighted by Gasteiger charge is 2.18. The van der Waals surface area contributed by atoms with Gasteiger partial charge >= 0.3 is 0 Å². The molecule has 3 heteroatoms. The molecular weight excluding hydrogens is 308 g/mol. The average molecular weight is 332 g/mol. The quantitative estimate of drug-likeness (QED) is 0.697. The molecule has 0 atom stereocenters. The third kappa shape index (κ3) is 3.77. The lowest BCUT2D eigenvalue weighted by atomic mass is 10.0. The fourth-order valence-corrected chi connectivity index (χ4v) is 3.55. The Balaban J connectivity index is 1.44. The number of hydrogen-bond donors (Lipinski definition) is 0. The largest absolute Gasteiger partial charge is 0.472 e. The van der Waals surface area contributed by atoms with Gasteiger partial charge in [-0.15, -0.1) is 0 Å². The van der Waals surface area contributed by atoms with Crippen molar-refractivity contribution < 1.29 is 4.42 Å². The summed E-state index contributed by atoms with van der Waals surface area (Å²) in [5.74, 6) is 0. The van der Waals surface area contributed by atoms with E-state index in [4.69, 9.17) is 4.42 Å². The minimum absolute atomic E-state index is 1.04. The Labute approximate surface area is 149 Å². The van der Waals surface area contributed by atoms with Gasteiger partial charge < -0.3 is 9.32 Å². The number of nitrogens with zero attached hydrogens (tertiary/aromatic N) is 2. The van der Waals surface area contributed by atoms with Crippen LogP contribution in [0, 0.1) is 6.92 Å². The van der Waals surface area contributed by atoms with E-state index in [1.165, 1.54) is 22.4 Å². The Bertz CT molecular complexity index is 803. The molecule has 3 aromatic rings. The van der Waals surface area contributed by atoms with Crippen molar-refractivity contribution in [3.8, 4) is 11.1 Å². The van der Waals surface area contributed by atoms with Crippen LogP contribution in [0.15, 0.2) is 71.5 Å². The van der Waals surface area contributed by atoms with Crippen molar-refractivity contribution in [2.24, 2.45) is 0 Å². The molecule has 1 aromatic heterocycles. The van der Waals surface area contributed by atoms with E-state index in [0.717, 1.165) is 38.3 Å². The van der Waals surface area contributed by atoms with Gasteiger partial charge in [0.1, 0.15) is 0 Å². The lowest BCUT2D eigenvalue weighted by Gasteiger charge is -2.36. The molecule has 2 aromatic carbocycles. The van der Waals surface area contributed by atoms with Crippen LogP contribution >= 0.6 is 0 Å². The Morgan fingerprint density at radius 2 is 1.68 bits per heavy atom. The molecule has 0 aliphatic carbocycles. The summed E-state index contributed by atoms with van der Waals surface area (Å²) in [5, 5.41) is 0. The van der Waals surface area contributed by atoms with Crippen LogP contribution in [-0.2, 0) is 6.54 Å². The zero-order valence-electron chi connectivity index (χ0n) is 14.7. The van der Waals surface area contributed by atoms with Gasteiger partial charge in [0.05, 0.1) is 12.5 Å². The third-order valence-electron chi connectivity index (χ3n) is 4.90. The summed E-state index contributed by atoms with van der Waals surface area (Å²) >= 11 is 0. The summed E-state index contributed by atoms with van der Waals surface area (Å²) in [5.41, 5.74) is 6.38. The van der Waals surface area contributed by atoms with Crippen LogP contribution in [0.25, 0.3) is 11.1 Å². The zero-order chi connectivity index (χ0) is 17.1. The van der Waals surface area contributed by atoms with Gasteiger partial charge in [-0.25, -0.2) is 0 Å². The van der Waals surface area contributed by atoms with E-state index in [1.54, 1.807) is 6.26 Å². The number of piperazine rings is 1. The topological polar surface area (TPSA) is 19.6 Å². The van der Waals surface area contributed by atoms with Crippen LogP contribution in [0.5, 0.6) is 0 Å². The van der Waals surface area contributed by atoms with Crippen molar-refractivity contribution in [1.29, 1.82) is 0 Å². The molecule has 4 rings (SSSR count). The average Bonchev–Trinajstić information content (AvgIpc) is 3.17. The summed E-state index contributed by atoms with van der Waals surface area (Å²) in [6, 6.07) is 19.6. The lowest BCUT2D eigenvalue weighted by Crippen LogP contribution is -2.46. The fraction of sp³-hybridized carbons (Fsp3) is 0.273. The second-order valence-corrected chi connectivity index (χ2v) is 6.82. The smallest absolute Gasteiger partial charge is 0.0980 e. The standard InChI is InChI=1S/C22H24N2O/c1-18-13-21(20-7-12-25-17-20)15-22(14-18)24-10-8-23(9-11-24)16-19-5-3-2-4-6-19/h2-7,12-15,17H,8-11,16H2,1H3. The molecule has 0 bridgehead atoms. The molecule has 0 N–H and O–H groups in total. The SMILES string of the molecule is Cc1cc(-c2ccoc2)cc(N2CCN(Cc3ccccc3)CC2)c1. The molecule has 0 saturated carbocycles. The predicted octanol–water partition coefficient (Wildman–Crippen LogP) is 4.58. The van der Waals surface area contributed by atoms with Gasteiger partial charge in [0.2, 0.25) is 0 Å². The number of anilines is 1. The summed E-state index contributed by atoms with van der Waals surface area (Å²) in [6.45, 7) is 7.55. The van der Waals surface area contributed by atoms with E-state index in [1.807, 2.05) is 12.3 Å². The third-order valence-corrected chi connectivity index (χ3v) is 4.90. The van der Waals surface area contributed by atoms with E-state index in [9.17, 15) is 0 Å². The van der Waals surface area contributed by atoms with Gasteiger partial charge in [0.15, 0.2) is 0 Å². The number of aryl methyl sites for hydroxylation is 1. The summed E-state index contributed by atoms with van der Waals surface area (Å²) in [6.07, 6.45) is 3.55. The maximum atomic E-state index is 5.24. The first kappa shape index (κ1) is 16.0. The number of benzene rings is 2. The fourth-order valence-electron chi connectivity index (χ4n) is 3.55. The van der Waals surface area contributed by atoms with E-state index >= 15 is 0 Å². The van der Waals surface area contributed by atoms with Gasteiger partial charge in [-0.1, -0.05) is 36.4 Å². The first-order valence-corrected chi connectivity index (χ1v) is 8.93. The molecular formula is C22H24N2O. The Morgan fingerprint density at radius 1 is 0.880 bits per heavy atom. The van der Waals surface area contributed by atoms with Gasteiger partial charge in [-0.05, 0) is 41.8 Å². The molecule has 1 saturated heterocycles. The normalized spacial score (nSPS) is 15.5. The van der Waals surface area contributed by atoms with E-state index in [0.29, 0.717) is 0 Å². The molecule has 0 radical (unpaired) electrons. The highest BCUT2D eigenvalue weighted by atomic mass is 16.3. The molecule has 128 valence electrons. The van der Waals surface area contributed by atoms with Crippen molar-refractivity contribution in [2.75, 3.05) is 31.1 Å². The molecule has 0 spiro atoms. The molecule has 3 nitrogen and oxygen atoms in total. The minimum atomic E-state index is 1.04. The van der Waals surface area contributed by atoms with Crippen molar-refractivity contribution in [3.63, 3.8) is 0 Å². The molecule has 1 fully saturated rings. The van der Waals surface area contributed by atoms with E-state index in [-0.39, 0.29) is 0 Å². The molecule has 0 amide bonds. The van der Waals surface area contributed by atoms with Gasteiger partial charge in [-0.2, -0.15) is 0 Å². The molecule has 25 heavy (non-hydrogen) atoms. The van der Waals surface area contributed by atoms with E-state index in [2.05, 4.69) is 65.3 Å². The summed E-state index contributed by atoms with van der Waals surface area (Å²) < 4.78 is 5.24. The minimum Gasteiger partial charge on any atom is -0.472 e. The van der Waals surface area contributed by atoms with Crippen molar-refractivity contribution in [2.45, 2.75) is 13.5 Å². The second-order valence-electron chi connectivity index (χ2n) is 6.82.